The van der Waals surface area contributed by atoms with E-state index in [4.69, 9.17) is 4.98 Å². The summed E-state index contributed by atoms with van der Waals surface area (Å²) in [7, 11) is 0. The van der Waals surface area contributed by atoms with Crippen LogP contribution < -0.4 is 5.32 Å². The van der Waals surface area contributed by atoms with Crippen molar-refractivity contribution in [1.29, 1.82) is 0 Å². The number of ketones is 1. The molecule has 0 saturated carbocycles. The Bertz CT molecular complexity index is 1170. The van der Waals surface area contributed by atoms with Crippen LogP contribution in [0.2, 0.25) is 0 Å². The van der Waals surface area contributed by atoms with E-state index in [0.717, 1.165) is 29.8 Å². The first-order chi connectivity index (χ1) is 15.2. The van der Waals surface area contributed by atoms with Gasteiger partial charge in [-0.3, -0.25) is 9.59 Å². The highest BCUT2D eigenvalue weighted by Gasteiger charge is 2.13. The van der Waals surface area contributed by atoms with E-state index < -0.39 is 0 Å². The minimum absolute atomic E-state index is 0.0224. The van der Waals surface area contributed by atoms with Crippen LogP contribution in [0, 0.1) is 0 Å². The number of para-hydroxylation sites is 2. The van der Waals surface area contributed by atoms with Crippen molar-refractivity contribution in [3.63, 3.8) is 0 Å². The van der Waals surface area contributed by atoms with Crippen molar-refractivity contribution in [2.75, 3.05) is 0 Å². The van der Waals surface area contributed by atoms with Crippen molar-refractivity contribution in [3.05, 3.63) is 102 Å². The van der Waals surface area contributed by atoms with Gasteiger partial charge < -0.3 is 9.88 Å². The van der Waals surface area contributed by atoms with Crippen molar-refractivity contribution in [2.45, 2.75) is 32.4 Å². The fourth-order valence-corrected chi connectivity index (χ4v) is 3.66. The molecular weight excluding hydrogens is 386 g/mol. The smallest absolute Gasteiger partial charge is 0.220 e. The molecule has 0 spiro atoms. The van der Waals surface area contributed by atoms with E-state index in [9.17, 15) is 9.59 Å². The molecular formula is C26H25N3O2. The van der Waals surface area contributed by atoms with Crippen LogP contribution in [0.3, 0.4) is 0 Å². The quantitative estimate of drug-likeness (QED) is 0.411. The van der Waals surface area contributed by atoms with Crippen LogP contribution in [0.4, 0.5) is 0 Å². The van der Waals surface area contributed by atoms with Crippen molar-refractivity contribution in [3.8, 4) is 0 Å². The van der Waals surface area contributed by atoms with Gasteiger partial charge in [0.15, 0.2) is 5.78 Å². The average Bonchev–Trinajstić information content (AvgIpc) is 3.18. The molecule has 0 aliphatic rings. The predicted molar refractivity (Wildman–Crippen MR) is 122 cm³/mol. The van der Waals surface area contributed by atoms with E-state index in [2.05, 4.69) is 28.1 Å². The number of aryl methyl sites for hydroxylation is 2. The number of carbonyl (C=O) groups is 2. The highest BCUT2D eigenvalue weighted by atomic mass is 16.2. The summed E-state index contributed by atoms with van der Waals surface area (Å²) < 4.78 is 2.16. The Morgan fingerprint density at radius 2 is 1.48 bits per heavy atom. The summed E-state index contributed by atoms with van der Waals surface area (Å²) >= 11 is 0. The number of carbonyl (C=O) groups excluding carboxylic acids is 2. The minimum atomic E-state index is -0.147. The second-order valence-electron chi connectivity index (χ2n) is 7.47. The van der Waals surface area contributed by atoms with Gasteiger partial charge in [0.2, 0.25) is 5.91 Å². The standard InChI is InChI=1S/C26H25N3O2/c30-24(21-11-5-2-6-12-21)15-16-26(31)27-19-25-28-22-13-7-8-14-23(22)29(25)18-17-20-9-3-1-4-10-20/h1-14H,15-19H2,(H,27,31). The zero-order valence-corrected chi connectivity index (χ0v) is 17.3. The van der Waals surface area contributed by atoms with Gasteiger partial charge in [0.1, 0.15) is 5.82 Å². The zero-order chi connectivity index (χ0) is 21.5. The summed E-state index contributed by atoms with van der Waals surface area (Å²) in [5.41, 5.74) is 3.87. The molecule has 0 aliphatic carbocycles. The molecule has 4 aromatic rings. The molecule has 5 heteroatoms. The van der Waals surface area contributed by atoms with Gasteiger partial charge >= 0.3 is 0 Å². The van der Waals surface area contributed by atoms with Crippen LogP contribution in [0.15, 0.2) is 84.9 Å². The molecule has 1 amide bonds. The van der Waals surface area contributed by atoms with Gasteiger partial charge in [-0.2, -0.15) is 0 Å². The number of rotatable bonds is 9. The van der Waals surface area contributed by atoms with Crippen molar-refractivity contribution in [2.24, 2.45) is 0 Å². The summed E-state index contributed by atoms with van der Waals surface area (Å²) in [4.78, 5) is 29.3. The van der Waals surface area contributed by atoms with Gasteiger partial charge in [-0.05, 0) is 24.1 Å². The van der Waals surface area contributed by atoms with Crippen LogP contribution in [-0.2, 0) is 24.3 Å². The number of benzene rings is 3. The van der Waals surface area contributed by atoms with Gasteiger partial charge in [-0.1, -0.05) is 72.8 Å². The zero-order valence-electron chi connectivity index (χ0n) is 17.3. The first-order valence-electron chi connectivity index (χ1n) is 10.5. The molecule has 31 heavy (non-hydrogen) atoms. The summed E-state index contributed by atoms with van der Waals surface area (Å²) in [6, 6.07) is 27.4. The third-order valence-electron chi connectivity index (χ3n) is 5.32. The Morgan fingerprint density at radius 3 is 2.26 bits per heavy atom. The van der Waals surface area contributed by atoms with Crippen LogP contribution >= 0.6 is 0 Å². The van der Waals surface area contributed by atoms with Crippen molar-refractivity contribution in [1.82, 2.24) is 14.9 Å². The minimum Gasteiger partial charge on any atom is -0.349 e. The number of nitrogens with one attached hydrogen (secondary N) is 1. The van der Waals surface area contributed by atoms with Crippen LogP contribution in [0.5, 0.6) is 0 Å². The lowest BCUT2D eigenvalue weighted by Crippen LogP contribution is -2.25. The molecule has 1 heterocycles. The monoisotopic (exact) mass is 411 g/mol. The molecule has 0 unspecified atom stereocenters. The number of imidazole rings is 1. The fourth-order valence-electron chi connectivity index (χ4n) is 3.66. The largest absolute Gasteiger partial charge is 0.349 e. The second-order valence-corrected chi connectivity index (χ2v) is 7.47. The Hall–Kier alpha value is -3.73. The first kappa shape index (κ1) is 20.5. The summed E-state index contributed by atoms with van der Waals surface area (Å²) in [5.74, 6) is 0.650. The molecule has 3 aromatic carbocycles. The second kappa shape index (κ2) is 9.85. The molecule has 1 aromatic heterocycles. The summed E-state index contributed by atoms with van der Waals surface area (Å²) in [5, 5.41) is 2.93. The van der Waals surface area contributed by atoms with E-state index in [1.54, 1.807) is 12.1 Å². The van der Waals surface area contributed by atoms with Gasteiger partial charge in [-0.15, -0.1) is 0 Å². The molecule has 0 atom stereocenters. The Labute approximate surface area is 181 Å². The normalized spacial score (nSPS) is 10.8. The molecule has 1 N–H and O–H groups in total. The van der Waals surface area contributed by atoms with Gasteiger partial charge in [0.05, 0.1) is 17.6 Å². The highest BCUT2D eigenvalue weighted by molar-refractivity contribution is 5.97. The van der Waals surface area contributed by atoms with Crippen LogP contribution in [0.1, 0.15) is 34.6 Å². The summed E-state index contributed by atoms with van der Waals surface area (Å²) in [6.45, 7) is 1.12. The van der Waals surface area contributed by atoms with E-state index in [1.807, 2.05) is 54.6 Å². The van der Waals surface area contributed by atoms with Crippen molar-refractivity contribution >= 4 is 22.7 Å². The molecule has 5 nitrogen and oxygen atoms in total. The SMILES string of the molecule is O=C(CCC(=O)c1ccccc1)NCc1nc2ccccc2n1CCc1ccccc1. The Morgan fingerprint density at radius 1 is 0.806 bits per heavy atom. The molecule has 0 aliphatic heterocycles. The lowest BCUT2D eigenvalue weighted by atomic mass is 10.1. The molecule has 0 bridgehead atoms. The van der Waals surface area contributed by atoms with E-state index in [-0.39, 0.29) is 24.5 Å². The van der Waals surface area contributed by atoms with Crippen LogP contribution in [-0.4, -0.2) is 21.2 Å². The maximum atomic E-state index is 12.4. The lowest BCUT2D eigenvalue weighted by molar-refractivity contribution is -0.121. The summed E-state index contributed by atoms with van der Waals surface area (Å²) in [6.07, 6.45) is 1.24. The van der Waals surface area contributed by atoms with Gasteiger partial charge in [-0.25, -0.2) is 4.98 Å². The average molecular weight is 412 g/mol. The van der Waals surface area contributed by atoms with E-state index in [0.29, 0.717) is 12.1 Å². The Balaban J connectivity index is 1.39. The topological polar surface area (TPSA) is 64.0 Å². The third-order valence-corrected chi connectivity index (χ3v) is 5.32. The Kier molecular flexibility index (Phi) is 6.53. The predicted octanol–water partition coefficient (Wildman–Crippen LogP) is 4.56. The molecule has 0 fully saturated rings. The molecule has 0 saturated heterocycles. The number of amides is 1. The van der Waals surface area contributed by atoms with E-state index in [1.165, 1.54) is 5.56 Å². The number of nitrogens with zero attached hydrogens (tertiary/aromatic N) is 2. The number of Topliss-reactive ketones (excluding diaryl/α,β-unsaturated/α-hetero) is 1. The fraction of sp³-hybridized carbons (Fsp3) is 0.192. The molecule has 0 radical (unpaired) electrons. The van der Waals surface area contributed by atoms with Gasteiger partial charge in [0, 0.05) is 24.9 Å². The van der Waals surface area contributed by atoms with Gasteiger partial charge in [0.25, 0.3) is 0 Å². The number of aromatic nitrogens is 2. The maximum absolute atomic E-state index is 12.4. The molecule has 156 valence electrons. The third kappa shape index (κ3) is 5.25. The first-order valence-corrected chi connectivity index (χ1v) is 10.5. The number of hydrogen-bond donors (Lipinski definition) is 1. The molecule has 4 rings (SSSR count). The van der Waals surface area contributed by atoms with Crippen LogP contribution in [0.25, 0.3) is 11.0 Å². The number of fused-ring (bicyclic) bond motifs is 1. The highest BCUT2D eigenvalue weighted by Crippen LogP contribution is 2.17. The maximum Gasteiger partial charge on any atom is 0.220 e. The van der Waals surface area contributed by atoms with E-state index >= 15 is 0 Å². The van der Waals surface area contributed by atoms with Crippen molar-refractivity contribution < 1.29 is 9.59 Å². The lowest BCUT2D eigenvalue weighted by Gasteiger charge is -2.10. The number of hydrogen-bond acceptors (Lipinski definition) is 3.